The second-order valence-electron chi connectivity index (χ2n) is 4.77. The number of nitrogens with one attached hydrogen (secondary N) is 1. The molecule has 2 rings (SSSR count). The fourth-order valence-electron chi connectivity index (χ4n) is 2.44. The smallest absolute Gasteiger partial charge is 0.363 e. The number of hydrogen-bond acceptors (Lipinski definition) is 3. The normalized spacial score (nSPS) is 18.9. The summed E-state index contributed by atoms with van der Waals surface area (Å²) in [5.41, 5.74) is -0.973. The van der Waals surface area contributed by atoms with Gasteiger partial charge in [-0.15, -0.1) is 10.2 Å². The Hall–Kier alpha value is -1.33. The van der Waals surface area contributed by atoms with E-state index in [2.05, 4.69) is 22.4 Å². The summed E-state index contributed by atoms with van der Waals surface area (Å²) >= 11 is 0. The van der Waals surface area contributed by atoms with Crippen LogP contribution < -0.4 is 5.32 Å². The zero-order chi connectivity index (χ0) is 13.2. The van der Waals surface area contributed by atoms with Crippen molar-refractivity contribution in [3.05, 3.63) is 17.8 Å². The van der Waals surface area contributed by atoms with Crippen molar-refractivity contribution in [3.63, 3.8) is 0 Å². The van der Waals surface area contributed by atoms with Gasteiger partial charge in [0.1, 0.15) is 5.82 Å². The van der Waals surface area contributed by atoms with Crippen LogP contribution in [0.5, 0.6) is 0 Å². The van der Waals surface area contributed by atoms with E-state index in [1.165, 1.54) is 6.07 Å². The van der Waals surface area contributed by atoms with Gasteiger partial charge < -0.3 is 5.32 Å². The maximum atomic E-state index is 12.3. The minimum Gasteiger partial charge on any atom is -0.363 e. The van der Waals surface area contributed by atoms with Crippen LogP contribution in [0.2, 0.25) is 0 Å². The third-order valence-electron chi connectivity index (χ3n) is 3.59. The molecule has 1 saturated carbocycles. The van der Waals surface area contributed by atoms with Gasteiger partial charge in [0.2, 0.25) is 0 Å². The highest BCUT2D eigenvalue weighted by Gasteiger charge is 2.34. The molecule has 1 N–H and O–H groups in total. The van der Waals surface area contributed by atoms with Gasteiger partial charge in [-0.3, -0.25) is 0 Å². The lowest BCUT2D eigenvalue weighted by atomic mass is 9.94. The average Bonchev–Trinajstić information content (AvgIpc) is 2.78. The Labute approximate surface area is 104 Å². The molecule has 0 saturated heterocycles. The standard InChI is InChI=1S/C12H16F3N3/c1-2-11(7-3-4-8-11)16-10-6-5-9(17-18-10)12(13,14)15/h5-6H,2-4,7-8H2,1H3,(H,16,18). The lowest BCUT2D eigenvalue weighted by molar-refractivity contribution is -0.141. The van der Waals surface area contributed by atoms with Gasteiger partial charge in [-0.2, -0.15) is 13.2 Å². The lowest BCUT2D eigenvalue weighted by Gasteiger charge is -2.29. The predicted molar refractivity (Wildman–Crippen MR) is 62.1 cm³/mol. The summed E-state index contributed by atoms with van der Waals surface area (Å²) in [6.45, 7) is 2.08. The largest absolute Gasteiger partial charge is 0.435 e. The Kier molecular flexibility index (Phi) is 3.45. The zero-order valence-electron chi connectivity index (χ0n) is 10.2. The summed E-state index contributed by atoms with van der Waals surface area (Å²) in [5.74, 6) is 0.423. The Morgan fingerprint density at radius 2 is 1.89 bits per heavy atom. The molecule has 1 aliphatic carbocycles. The molecule has 100 valence electrons. The van der Waals surface area contributed by atoms with Crippen LogP contribution in [0.4, 0.5) is 19.0 Å². The summed E-state index contributed by atoms with van der Waals surface area (Å²) in [5, 5.41) is 10.1. The first-order valence-corrected chi connectivity index (χ1v) is 6.14. The molecule has 1 aromatic rings. The first-order valence-electron chi connectivity index (χ1n) is 6.14. The highest BCUT2D eigenvalue weighted by molar-refractivity contribution is 5.37. The first kappa shape index (κ1) is 13.1. The third-order valence-corrected chi connectivity index (χ3v) is 3.59. The van der Waals surface area contributed by atoms with Gasteiger partial charge in [0, 0.05) is 5.54 Å². The lowest BCUT2D eigenvalue weighted by Crippen LogP contribution is -2.34. The predicted octanol–water partition coefficient (Wildman–Crippen LogP) is 3.63. The third kappa shape index (κ3) is 2.73. The van der Waals surface area contributed by atoms with E-state index in [0.29, 0.717) is 5.82 Å². The van der Waals surface area contributed by atoms with Crippen LogP contribution in [-0.2, 0) is 6.18 Å². The van der Waals surface area contributed by atoms with Crippen LogP contribution in [0.1, 0.15) is 44.7 Å². The van der Waals surface area contributed by atoms with Gasteiger partial charge in [-0.1, -0.05) is 19.8 Å². The number of hydrogen-bond donors (Lipinski definition) is 1. The van der Waals surface area contributed by atoms with E-state index >= 15 is 0 Å². The molecule has 0 atom stereocenters. The molecule has 0 unspecified atom stereocenters. The summed E-state index contributed by atoms with van der Waals surface area (Å²) in [7, 11) is 0. The van der Waals surface area contributed by atoms with Crippen LogP contribution >= 0.6 is 0 Å². The second-order valence-corrected chi connectivity index (χ2v) is 4.77. The topological polar surface area (TPSA) is 37.8 Å². The minimum atomic E-state index is -4.43. The maximum absolute atomic E-state index is 12.3. The quantitative estimate of drug-likeness (QED) is 0.900. The molecular weight excluding hydrogens is 243 g/mol. The fraction of sp³-hybridized carbons (Fsp3) is 0.667. The molecule has 1 aliphatic rings. The molecule has 6 heteroatoms. The van der Waals surface area contributed by atoms with E-state index in [9.17, 15) is 13.2 Å². The minimum absolute atomic E-state index is 0.0194. The van der Waals surface area contributed by atoms with Gasteiger partial charge in [-0.25, -0.2) is 0 Å². The number of anilines is 1. The molecule has 1 aromatic heterocycles. The molecule has 18 heavy (non-hydrogen) atoms. The molecule has 0 aromatic carbocycles. The Morgan fingerprint density at radius 1 is 1.22 bits per heavy atom. The van der Waals surface area contributed by atoms with Crippen LogP contribution in [0, 0.1) is 0 Å². The number of aromatic nitrogens is 2. The first-order chi connectivity index (χ1) is 8.45. The summed E-state index contributed by atoms with van der Waals surface area (Å²) in [6, 6.07) is 2.32. The SMILES string of the molecule is CCC1(Nc2ccc(C(F)(F)F)nn2)CCCC1. The van der Waals surface area contributed by atoms with Crippen molar-refractivity contribution < 1.29 is 13.2 Å². The van der Waals surface area contributed by atoms with Crippen molar-refractivity contribution in [2.75, 3.05) is 5.32 Å². The van der Waals surface area contributed by atoms with Crippen LogP contribution in [0.25, 0.3) is 0 Å². The number of nitrogens with zero attached hydrogens (tertiary/aromatic N) is 2. The van der Waals surface area contributed by atoms with Gasteiger partial charge in [0.05, 0.1) is 0 Å². The Morgan fingerprint density at radius 3 is 2.33 bits per heavy atom. The van der Waals surface area contributed by atoms with E-state index in [1.807, 2.05) is 0 Å². The van der Waals surface area contributed by atoms with E-state index in [-0.39, 0.29) is 5.54 Å². The Bertz CT molecular complexity index is 394. The maximum Gasteiger partial charge on any atom is 0.435 e. The second kappa shape index (κ2) is 4.74. The molecule has 3 nitrogen and oxygen atoms in total. The molecule has 1 heterocycles. The van der Waals surface area contributed by atoms with Crippen molar-refractivity contribution >= 4 is 5.82 Å². The van der Waals surface area contributed by atoms with Crippen LogP contribution in [0.15, 0.2) is 12.1 Å². The summed E-state index contributed by atoms with van der Waals surface area (Å²) in [6.07, 6.45) is 0.874. The highest BCUT2D eigenvalue weighted by atomic mass is 19.4. The zero-order valence-corrected chi connectivity index (χ0v) is 10.2. The van der Waals surface area contributed by atoms with Crippen LogP contribution in [-0.4, -0.2) is 15.7 Å². The van der Waals surface area contributed by atoms with Crippen molar-refractivity contribution in [1.29, 1.82) is 0 Å². The van der Waals surface area contributed by atoms with Gasteiger partial charge in [0.15, 0.2) is 5.69 Å². The number of alkyl halides is 3. The molecule has 1 fully saturated rings. The van der Waals surface area contributed by atoms with Crippen molar-refractivity contribution in [1.82, 2.24) is 10.2 Å². The molecular formula is C12H16F3N3. The molecule has 0 amide bonds. The van der Waals surface area contributed by atoms with Crippen molar-refractivity contribution in [2.24, 2.45) is 0 Å². The highest BCUT2D eigenvalue weighted by Crippen LogP contribution is 2.35. The number of halogens is 3. The van der Waals surface area contributed by atoms with Gasteiger partial charge in [-0.05, 0) is 31.4 Å². The monoisotopic (exact) mass is 259 g/mol. The van der Waals surface area contributed by atoms with Crippen molar-refractivity contribution in [2.45, 2.75) is 50.7 Å². The van der Waals surface area contributed by atoms with E-state index in [0.717, 1.165) is 38.2 Å². The molecule has 0 radical (unpaired) electrons. The van der Waals surface area contributed by atoms with E-state index < -0.39 is 11.9 Å². The Balaban J connectivity index is 2.11. The van der Waals surface area contributed by atoms with E-state index in [1.54, 1.807) is 0 Å². The molecule has 0 spiro atoms. The van der Waals surface area contributed by atoms with Crippen LogP contribution in [0.3, 0.4) is 0 Å². The summed E-state index contributed by atoms with van der Waals surface area (Å²) in [4.78, 5) is 0. The summed E-state index contributed by atoms with van der Waals surface area (Å²) < 4.78 is 37.0. The molecule has 0 bridgehead atoms. The van der Waals surface area contributed by atoms with E-state index in [4.69, 9.17) is 0 Å². The number of rotatable bonds is 3. The van der Waals surface area contributed by atoms with Gasteiger partial charge >= 0.3 is 6.18 Å². The van der Waals surface area contributed by atoms with Crippen molar-refractivity contribution in [3.8, 4) is 0 Å². The molecule has 0 aliphatic heterocycles. The fourth-order valence-corrected chi connectivity index (χ4v) is 2.44. The van der Waals surface area contributed by atoms with Gasteiger partial charge in [0.25, 0.3) is 0 Å². The average molecular weight is 259 g/mol.